The lowest BCUT2D eigenvalue weighted by Gasteiger charge is -2.42. The number of aryl methyl sites for hydroxylation is 1. The Kier molecular flexibility index (Phi) is 9.94. The molecule has 3 aromatic carbocycles. The quantitative estimate of drug-likeness (QED) is 0.294. The highest BCUT2D eigenvalue weighted by atomic mass is 16.2. The molecule has 1 atom stereocenters. The second-order valence-corrected chi connectivity index (χ2v) is 10.1. The number of allylic oxidation sites excluding steroid dienone is 1. The smallest absolute Gasteiger partial charge is 0.247 e. The molecule has 0 aliphatic carbocycles. The van der Waals surface area contributed by atoms with E-state index < -0.39 is 0 Å². The van der Waals surface area contributed by atoms with Gasteiger partial charge in [-0.2, -0.15) is 0 Å². The Morgan fingerprint density at radius 1 is 0.842 bits per heavy atom. The summed E-state index contributed by atoms with van der Waals surface area (Å²) < 4.78 is 0. The molecule has 0 bridgehead atoms. The Morgan fingerprint density at radius 3 is 2.00 bits per heavy atom. The van der Waals surface area contributed by atoms with E-state index in [1.165, 1.54) is 16.7 Å². The summed E-state index contributed by atoms with van der Waals surface area (Å²) in [6.07, 6.45) is 5.26. The molecule has 4 heteroatoms. The number of carbonyl (C=O) groups excluding carboxylic acids is 1. The predicted octanol–water partition coefficient (Wildman–Crippen LogP) is 6.10. The molecule has 0 N–H and O–H groups in total. The van der Waals surface area contributed by atoms with Crippen molar-refractivity contribution < 1.29 is 4.79 Å². The van der Waals surface area contributed by atoms with Crippen molar-refractivity contribution in [3.05, 3.63) is 132 Å². The third-order valence-corrected chi connectivity index (χ3v) is 7.44. The van der Waals surface area contributed by atoms with Gasteiger partial charge in [-0.1, -0.05) is 105 Å². The normalized spacial score (nSPS) is 14.9. The van der Waals surface area contributed by atoms with Crippen LogP contribution in [0.4, 0.5) is 0 Å². The molecule has 0 spiro atoms. The van der Waals surface area contributed by atoms with Crippen molar-refractivity contribution in [2.75, 3.05) is 26.2 Å². The minimum atomic E-state index is -0.132. The fourth-order valence-electron chi connectivity index (χ4n) is 5.15. The highest BCUT2D eigenvalue weighted by molar-refractivity contribution is 5.88. The number of nitrogens with zero attached hydrogens (tertiary/aromatic N) is 3. The Bertz CT molecular complexity index is 1180. The summed E-state index contributed by atoms with van der Waals surface area (Å²) in [5.41, 5.74) is 6.02. The summed E-state index contributed by atoms with van der Waals surface area (Å²) in [6.45, 7) is 14.0. The molecule has 0 unspecified atom stereocenters. The summed E-state index contributed by atoms with van der Waals surface area (Å²) in [7, 11) is 0. The van der Waals surface area contributed by atoms with Crippen molar-refractivity contribution in [1.29, 1.82) is 0 Å². The van der Waals surface area contributed by atoms with Crippen molar-refractivity contribution in [2.45, 2.75) is 45.8 Å². The summed E-state index contributed by atoms with van der Waals surface area (Å²) in [5.74, 6) is 0.0249. The van der Waals surface area contributed by atoms with Gasteiger partial charge in [-0.3, -0.25) is 9.69 Å². The molecule has 1 aliphatic rings. The topological polar surface area (TPSA) is 26.8 Å². The van der Waals surface area contributed by atoms with E-state index in [0.29, 0.717) is 6.54 Å². The van der Waals surface area contributed by atoms with Gasteiger partial charge in [0.2, 0.25) is 5.91 Å². The SMILES string of the molecule is C=C([C@H](Cc1ccccc1)N(Cc1ccc(CC)cc1)C(=O)/C=C/C)N1CCN(Cc2ccccc2)CC1. The lowest BCUT2D eigenvalue weighted by atomic mass is 9.99. The molecular formula is C34H41N3O. The summed E-state index contributed by atoms with van der Waals surface area (Å²) >= 11 is 0. The van der Waals surface area contributed by atoms with Crippen molar-refractivity contribution in [1.82, 2.24) is 14.7 Å². The molecule has 4 nitrogen and oxygen atoms in total. The molecule has 1 saturated heterocycles. The Hall–Kier alpha value is -3.63. The van der Waals surface area contributed by atoms with Gasteiger partial charge < -0.3 is 9.80 Å². The fraction of sp³-hybridized carbons (Fsp3) is 0.324. The Morgan fingerprint density at radius 2 is 1.42 bits per heavy atom. The number of amides is 1. The van der Waals surface area contributed by atoms with Crippen LogP contribution < -0.4 is 0 Å². The maximum absolute atomic E-state index is 13.5. The first-order chi connectivity index (χ1) is 18.6. The highest BCUT2D eigenvalue weighted by Gasteiger charge is 2.30. The first-order valence-electron chi connectivity index (χ1n) is 13.8. The maximum Gasteiger partial charge on any atom is 0.247 e. The zero-order valence-corrected chi connectivity index (χ0v) is 22.9. The number of carbonyl (C=O) groups is 1. The Balaban J connectivity index is 1.54. The molecule has 0 saturated carbocycles. The van der Waals surface area contributed by atoms with Crippen LogP contribution in [0.5, 0.6) is 0 Å². The average molecular weight is 508 g/mol. The van der Waals surface area contributed by atoms with Gasteiger partial charge in [0.05, 0.1) is 6.04 Å². The molecule has 1 heterocycles. The van der Waals surface area contributed by atoms with Gasteiger partial charge in [0.15, 0.2) is 0 Å². The molecule has 0 aromatic heterocycles. The third kappa shape index (κ3) is 7.45. The van der Waals surface area contributed by atoms with Crippen LogP contribution in [-0.4, -0.2) is 52.8 Å². The molecule has 3 aromatic rings. The van der Waals surface area contributed by atoms with Gasteiger partial charge in [0.25, 0.3) is 0 Å². The van der Waals surface area contributed by atoms with E-state index in [9.17, 15) is 4.79 Å². The van der Waals surface area contributed by atoms with Crippen molar-refractivity contribution in [3.8, 4) is 0 Å². The first-order valence-corrected chi connectivity index (χ1v) is 13.8. The van der Waals surface area contributed by atoms with Crippen LogP contribution in [-0.2, 0) is 30.7 Å². The van der Waals surface area contributed by atoms with Crippen LogP contribution in [0.2, 0.25) is 0 Å². The standard InChI is InChI=1S/C34H41N3O/c1-4-12-34(38)37(27-32-19-17-29(5-2)18-20-32)33(25-30-13-8-6-9-14-30)28(3)36-23-21-35(22-24-36)26-31-15-10-7-11-16-31/h4,6-20,33H,3,5,21-27H2,1-2H3/b12-4+/t33-/m0/s1. The molecule has 1 amide bonds. The fourth-order valence-corrected chi connectivity index (χ4v) is 5.15. The van der Waals surface area contributed by atoms with Crippen LogP contribution in [0.1, 0.15) is 36.1 Å². The van der Waals surface area contributed by atoms with Gasteiger partial charge in [-0.15, -0.1) is 0 Å². The summed E-state index contributed by atoms with van der Waals surface area (Å²) in [4.78, 5) is 20.4. The molecule has 1 fully saturated rings. The first kappa shape index (κ1) is 27.4. The van der Waals surface area contributed by atoms with Crippen molar-refractivity contribution in [3.63, 3.8) is 0 Å². The van der Waals surface area contributed by atoms with E-state index in [1.807, 2.05) is 24.0 Å². The van der Waals surface area contributed by atoms with Gasteiger partial charge in [0, 0.05) is 45.0 Å². The molecule has 0 radical (unpaired) electrons. The van der Waals surface area contributed by atoms with Gasteiger partial charge >= 0.3 is 0 Å². The van der Waals surface area contributed by atoms with Gasteiger partial charge in [-0.05, 0) is 48.1 Å². The van der Waals surface area contributed by atoms with Crippen LogP contribution in [0.3, 0.4) is 0 Å². The zero-order valence-electron chi connectivity index (χ0n) is 22.9. The number of benzene rings is 3. The maximum atomic E-state index is 13.5. The van der Waals surface area contributed by atoms with E-state index in [4.69, 9.17) is 0 Å². The molecule has 198 valence electrons. The number of hydrogen-bond acceptors (Lipinski definition) is 3. The summed E-state index contributed by atoms with van der Waals surface area (Å²) in [6, 6.07) is 29.6. The summed E-state index contributed by atoms with van der Waals surface area (Å²) in [5, 5.41) is 0. The molecule has 4 rings (SSSR count). The lowest BCUT2D eigenvalue weighted by molar-refractivity contribution is -0.128. The van der Waals surface area contributed by atoms with E-state index in [2.05, 4.69) is 102 Å². The monoisotopic (exact) mass is 507 g/mol. The second-order valence-electron chi connectivity index (χ2n) is 10.1. The van der Waals surface area contributed by atoms with Gasteiger partial charge in [0.1, 0.15) is 0 Å². The molecule has 1 aliphatic heterocycles. The van der Waals surface area contributed by atoms with Crippen LogP contribution in [0.15, 0.2) is 109 Å². The molecular weight excluding hydrogens is 466 g/mol. The van der Waals surface area contributed by atoms with E-state index in [0.717, 1.165) is 56.8 Å². The van der Waals surface area contributed by atoms with E-state index >= 15 is 0 Å². The number of rotatable bonds is 11. The largest absolute Gasteiger partial charge is 0.371 e. The lowest BCUT2D eigenvalue weighted by Crippen LogP contribution is -2.51. The number of hydrogen-bond donors (Lipinski definition) is 0. The van der Waals surface area contributed by atoms with Crippen LogP contribution in [0, 0.1) is 0 Å². The van der Waals surface area contributed by atoms with Crippen molar-refractivity contribution in [2.24, 2.45) is 0 Å². The van der Waals surface area contributed by atoms with Crippen molar-refractivity contribution >= 4 is 5.91 Å². The minimum absolute atomic E-state index is 0.0249. The highest BCUT2D eigenvalue weighted by Crippen LogP contribution is 2.24. The Labute approximate surface area is 228 Å². The number of piperazine rings is 1. The second kappa shape index (κ2) is 13.8. The van der Waals surface area contributed by atoms with E-state index in [-0.39, 0.29) is 11.9 Å². The van der Waals surface area contributed by atoms with E-state index in [1.54, 1.807) is 6.08 Å². The molecule has 38 heavy (non-hydrogen) atoms. The zero-order chi connectivity index (χ0) is 26.7. The van der Waals surface area contributed by atoms with Crippen LogP contribution in [0.25, 0.3) is 0 Å². The third-order valence-electron chi connectivity index (χ3n) is 7.44. The average Bonchev–Trinajstić information content (AvgIpc) is 2.96. The minimum Gasteiger partial charge on any atom is -0.371 e. The van der Waals surface area contributed by atoms with Crippen LogP contribution >= 0.6 is 0 Å². The van der Waals surface area contributed by atoms with Gasteiger partial charge in [-0.25, -0.2) is 0 Å². The predicted molar refractivity (Wildman–Crippen MR) is 158 cm³/mol.